The number of alkyl carbamates (subject to hydrolysis) is 1. The highest BCUT2D eigenvalue weighted by atomic mass is 16.6. The number of carbonyl (C=O) groups is 1. The first-order valence-corrected chi connectivity index (χ1v) is 7.03. The van der Waals surface area contributed by atoms with E-state index in [0.717, 1.165) is 0 Å². The fraction of sp³-hybridized carbons (Fsp3) is 0.533. The van der Waals surface area contributed by atoms with Gasteiger partial charge in [-0.1, -0.05) is 0 Å². The van der Waals surface area contributed by atoms with Crippen LogP contribution in [0.1, 0.15) is 27.2 Å². The molecular formula is C15H22N4O3. The lowest BCUT2D eigenvalue weighted by Gasteiger charge is -2.19. The largest absolute Gasteiger partial charge is 0.444 e. The number of aromatic nitrogens is 2. The van der Waals surface area contributed by atoms with Crippen LogP contribution in [0.5, 0.6) is 0 Å². The summed E-state index contributed by atoms with van der Waals surface area (Å²) >= 11 is 0. The zero-order chi connectivity index (χ0) is 16.6. The molecule has 1 aromatic rings. The molecular weight excluding hydrogens is 284 g/mol. The number of nitrogens with one attached hydrogen (secondary N) is 2. The Morgan fingerprint density at radius 1 is 1.45 bits per heavy atom. The summed E-state index contributed by atoms with van der Waals surface area (Å²) in [7, 11) is 0. The quantitative estimate of drug-likeness (QED) is 0.609. The summed E-state index contributed by atoms with van der Waals surface area (Å²) in [6.07, 6.45) is 6.68. The lowest BCUT2D eigenvalue weighted by molar-refractivity contribution is 0.0530. The van der Waals surface area contributed by atoms with Gasteiger partial charge in [0.1, 0.15) is 5.60 Å². The Labute approximate surface area is 130 Å². The molecule has 7 nitrogen and oxygen atoms in total. The van der Waals surface area contributed by atoms with Crippen molar-refractivity contribution in [3.63, 3.8) is 0 Å². The number of hydrogen-bond donors (Lipinski definition) is 2. The predicted octanol–water partition coefficient (Wildman–Crippen LogP) is 1.20. The molecule has 1 heterocycles. The summed E-state index contributed by atoms with van der Waals surface area (Å²) in [5, 5.41) is 9.63. The number of rotatable bonds is 6. The maximum Gasteiger partial charge on any atom is 0.407 e. The molecule has 0 unspecified atom stereocenters. The SMILES string of the molecule is C#CCCn1ncc(NCCNC(=O)OC(C)(C)C)cc1=O. The van der Waals surface area contributed by atoms with Crippen LogP contribution >= 0.6 is 0 Å². The van der Waals surface area contributed by atoms with Gasteiger partial charge in [-0.3, -0.25) is 4.79 Å². The molecule has 7 heteroatoms. The molecule has 0 spiro atoms. The van der Waals surface area contributed by atoms with E-state index in [1.807, 2.05) is 0 Å². The summed E-state index contributed by atoms with van der Waals surface area (Å²) in [6.45, 7) is 6.61. The van der Waals surface area contributed by atoms with Crippen LogP contribution in [0, 0.1) is 12.3 Å². The smallest absolute Gasteiger partial charge is 0.407 e. The van der Waals surface area contributed by atoms with Crippen LogP contribution in [0.4, 0.5) is 10.5 Å². The minimum Gasteiger partial charge on any atom is -0.444 e. The minimum atomic E-state index is -0.523. The van der Waals surface area contributed by atoms with E-state index >= 15 is 0 Å². The van der Waals surface area contributed by atoms with Gasteiger partial charge in [-0.15, -0.1) is 12.3 Å². The molecule has 0 atom stereocenters. The van der Waals surface area contributed by atoms with E-state index in [1.165, 1.54) is 10.7 Å². The third-order valence-electron chi connectivity index (χ3n) is 2.46. The minimum absolute atomic E-state index is 0.222. The van der Waals surface area contributed by atoms with E-state index in [2.05, 4.69) is 21.7 Å². The molecule has 0 bridgehead atoms. The second-order valence-electron chi connectivity index (χ2n) is 5.62. The first kappa shape index (κ1) is 17.6. The lowest BCUT2D eigenvalue weighted by Crippen LogP contribution is -2.35. The van der Waals surface area contributed by atoms with Crippen LogP contribution in [0.15, 0.2) is 17.1 Å². The first-order valence-electron chi connectivity index (χ1n) is 7.03. The molecule has 0 saturated carbocycles. The summed E-state index contributed by atoms with van der Waals surface area (Å²) < 4.78 is 6.41. The molecule has 0 fully saturated rings. The number of aryl methyl sites for hydroxylation is 1. The van der Waals surface area contributed by atoms with Crippen molar-refractivity contribution in [3.8, 4) is 12.3 Å². The van der Waals surface area contributed by atoms with Gasteiger partial charge in [-0.25, -0.2) is 9.48 Å². The number of hydrogen-bond acceptors (Lipinski definition) is 5. The molecule has 0 radical (unpaired) electrons. The van der Waals surface area contributed by atoms with Gasteiger partial charge >= 0.3 is 6.09 Å². The number of ether oxygens (including phenoxy) is 1. The van der Waals surface area contributed by atoms with E-state index < -0.39 is 11.7 Å². The second kappa shape index (κ2) is 8.08. The van der Waals surface area contributed by atoms with Crippen molar-refractivity contribution in [1.82, 2.24) is 15.1 Å². The molecule has 2 N–H and O–H groups in total. The average molecular weight is 306 g/mol. The Kier molecular flexibility index (Phi) is 6.45. The first-order chi connectivity index (χ1) is 10.3. The Morgan fingerprint density at radius 3 is 2.77 bits per heavy atom. The van der Waals surface area contributed by atoms with Gasteiger partial charge < -0.3 is 15.4 Å². The Bertz CT molecular complexity index is 596. The maximum absolute atomic E-state index is 11.7. The van der Waals surface area contributed by atoms with Crippen LogP contribution in [0.2, 0.25) is 0 Å². The normalized spacial score (nSPS) is 10.6. The van der Waals surface area contributed by atoms with Gasteiger partial charge in [0.25, 0.3) is 5.56 Å². The van der Waals surface area contributed by atoms with E-state index in [4.69, 9.17) is 11.2 Å². The third kappa shape index (κ3) is 6.79. The molecule has 1 amide bonds. The molecule has 22 heavy (non-hydrogen) atoms. The van der Waals surface area contributed by atoms with Crippen molar-refractivity contribution in [1.29, 1.82) is 0 Å². The van der Waals surface area contributed by atoms with E-state index in [1.54, 1.807) is 27.0 Å². The second-order valence-corrected chi connectivity index (χ2v) is 5.62. The Hall–Kier alpha value is -2.49. The van der Waals surface area contributed by atoms with Crippen molar-refractivity contribution in [2.75, 3.05) is 18.4 Å². The van der Waals surface area contributed by atoms with E-state index in [9.17, 15) is 9.59 Å². The van der Waals surface area contributed by atoms with E-state index in [-0.39, 0.29) is 5.56 Å². The molecule has 0 aliphatic heterocycles. The molecule has 120 valence electrons. The number of terminal acetylenes is 1. The fourth-order valence-electron chi connectivity index (χ4n) is 1.55. The molecule has 0 aliphatic rings. The van der Waals surface area contributed by atoms with Crippen LogP contribution in [0.25, 0.3) is 0 Å². The van der Waals surface area contributed by atoms with Crippen molar-refractivity contribution < 1.29 is 9.53 Å². The van der Waals surface area contributed by atoms with Gasteiger partial charge in [0.2, 0.25) is 0 Å². The molecule has 1 aromatic heterocycles. The van der Waals surface area contributed by atoms with Gasteiger partial charge in [-0.05, 0) is 20.8 Å². The van der Waals surface area contributed by atoms with Gasteiger partial charge in [0.05, 0.1) is 18.4 Å². The van der Waals surface area contributed by atoms with Crippen molar-refractivity contribution in [2.45, 2.75) is 39.3 Å². The fourth-order valence-corrected chi connectivity index (χ4v) is 1.55. The molecule has 0 saturated heterocycles. The van der Waals surface area contributed by atoms with Crippen LogP contribution < -0.4 is 16.2 Å². The lowest BCUT2D eigenvalue weighted by atomic mass is 10.2. The van der Waals surface area contributed by atoms with Crippen LogP contribution in [-0.4, -0.2) is 34.6 Å². The van der Waals surface area contributed by atoms with Crippen LogP contribution in [-0.2, 0) is 11.3 Å². The van der Waals surface area contributed by atoms with Crippen LogP contribution in [0.3, 0.4) is 0 Å². The Balaban J connectivity index is 2.37. The molecule has 0 aliphatic carbocycles. The van der Waals surface area contributed by atoms with Gasteiger partial charge in [-0.2, -0.15) is 5.10 Å². The molecule has 1 rings (SSSR count). The zero-order valence-electron chi connectivity index (χ0n) is 13.2. The molecule has 0 aromatic carbocycles. The number of carbonyl (C=O) groups excluding carboxylic acids is 1. The highest BCUT2D eigenvalue weighted by Crippen LogP contribution is 2.06. The Morgan fingerprint density at radius 2 is 2.18 bits per heavy atom. The highest BCUT2D eigenvalue weighted by molar-refractivity contribution is 5.67. The third-order valence-corrected chi connectivity index (χ3v) is 2.46. The predicted molar refractivity (Wildman–Crippen MR) is 84.7 cm³/mol. The van der Waals surface area contributed by atoms with Crippen molar-refractivity contribution >= 4 is 11.8 Å². The summed E-state index contributed by atoms with van der Waals surface area (Å²) in [5.41, 5.74) is -0.155. The number of amides is 1. The highest BCUT2D eigenvalue weighted by Gasteiger charge is 2.15. The van der Waals surface area contributed by atoms with Gasteiger partial charge in [0.15, 0.2) is 0 Å². The summed E-state index contributed by atoms with van der Waals surface area (Å²) in [5.74, 6) is 2.46. The van der Waals surface area contributed by atoms with Crippen molar-refractivity contribution in [2.24, 2.45) is 0 Å². The van der Waals surface area contributed by atoms with Crippen molar-refractivity contribution in [3.05, 3.63) is 22.6 Å². The van der Waals surface area contributed by atoms with E-state index in [0.29, 0.717) is 31.7 Å². The monoisotopic (exact) mass is 306 g/mol. The zero-order valence-corrected chi connectivity index (χ0v) is 13.2. The average Bonchev–Trinajstić information content (AvgIpc) is 2.41. The topological polar surface area (TPSA) is 85.2 Å². The summed E-state index contributed by atoms with van der Waals surface area (Å²) in [4.78, 5) is 23.2. The standard InChI is InChI=1S/C15H22N4O3/c1-5-6-9-19-13(20)10-12(11-18-19)16-7-8-17-14(21)22-15(2,3)4/h1,10-11,16H,6-9H2,2-4H3,(H,17,21). The number of nitrogens with zero attached hydrogens (tertiary/aromatic N) is 2. The number of anilines is 1. The van der Waals surface area contributed by atoms with Gasteiger partial charge in [0, 0.05) is 25.6 Å². The summed E-state index contributed by atoms with van der Waals surface area (Å²) in [6, 6.07) is 1.44. The maximum atomic E-state index is 11.7.